The Labute approximate surface area is 264 Å². The summed E-state index contributed by atoms with van der Waals surface area (Å²) >= 11 is 0. The summed E-state index contributed by atoms with van der Waals surface area (Å²) < 4.78 is 32.6. The number of hydrogen-bond donors (Lipinski definition) is 3. The van der Waals surface area contributed by atoms with E-state index in [1.807, 2.05) is 61.5 Å². The van der Waals surface area contributed by atoms with Crippen LogP contribution in [-0.2, 0) is 21.4 Å². The van der Waals surface area contributed by atoms with Crippen LogP contribution >= 0.6 is 0 Å². The van der Waals surface area contributed by atoms with Gasteiger partial charge in [-0.05, 0) is 57.1 Å². The van der Waals surface area contributed by atoms with E-state index in [2.05, 4.69) is 40.6 Å². The smallest absolute Gasteiger partial charge is 0.204 e. The Morgan fingerprint density at radius 2 is 1.67 bits per heavy atom. The minimum atomic E-state index is -0.799. The quantitative estimate of drug-likeness (QED) is 0.262. The zero-order valence-corrected chi connectivity index (χ0v) is 26.9. The van der Waals surface area contributed by atoms with Gasteiger partial charge in [-0.3, -0.25) is 14.4 Å². The van der Waals surface area contributed by atoms with Crippen molar-refractivity contribution in [3.63, 3.8) is 0 Å². The number of rotatable bonds is 7. The molecule has 1 aliphatic heterocycles. The van der Waals surface area contributed by atoms with Gasteiger partial charge >= 0.3 is 0 Å². The molecule has 2 aromatic carbocycles. The van der Waals surface area contributed by atoms with Gasteiger partial charge in [-0.15, -0.1) is 0 Å². The molecule has 0 bridgehead atoms. The number of benzene rings is 2. The molecule has 246 valence electrons. The number of aldehydes is 1. The number of carbonyl (C=O) groups excluding carboxylic acids is 2. The predicted molar refractivity (Wildman–Crippen MR) is 174 cm³/mol. The van der Waals surface area contributed by atoms with Crippen LogP contribution in [0.4, 0.5) is 14.6 Å². The molecule has 0 aliphatic carbocycles. The first kappa shape index (κ1) is 38.6. The van der Waals surface area contributed by atoms with E-state index in [1.165, 1.54) is 25.6 Å². The molecule has 4 aromatic rings. The summed E-state index contributed by atoms with van der Waals surface area (Å²) in [6.45, 7) is 6.88. The van der Waals surface area contributed by atoms with Crippen LogP contribution in [0.2, 0.25) is 0 Å². The number of hydrogen-bond acceptors (Lipinski definition) is 8. The van der Waals surface area contributed by atoms with E-state index >= 15 is 0 Å². The van der Waals surface area contributed by atoms with Crippen LogP contribution in [0.5, 0.6) is 0 Å². The van der Waals surface area contributed by atoms with Crippen molar-refractivity contribution in [3.8, 4) is 16.9 Å². The third-order valence-corrected chi connectivity index (χ3v) is 6.58. The fourth-order valence-corrected chi connectivity index (χ4v) is 4.47. The monoisotopic (exact) mass is 628 g/mol. The van der Waals surface area contributed by atoms with Crippen LogP contribution in [0.15, 0.2) is 67.0 Å². The third-order valence-electron chi connectivity index (χ3n) is 6.58. The maximum atomic E-state index is 11.9. The second-order valence-electron chi connectivity index (χ2n) is 9.82. The molecule has 1 fully saturated rings. The lowest BCUT2D eigenvalue weighted by molar-refractivity contribution is -0.113. The van der Waals surface area contributed by atoms with Gasteiger partial charge in [-0.25, -0.2) is 13.5 Å². The van der Waals surface area contributed by atoms with Crippen LogP contribution in [0.1, 0.15) is 18.9 Å². The Balaban J connectivity index is 0.000000344. The van der Waals surface area contributed by atoms with Crippen molar-refractivity contribution >= 4 is 18.5 Å². The number of aryl methyl sites for hydroxylation is 1. The van der Waals surface area contributed by atoms with E-state index in [9.17, 15) is 13.6 Å². The van der Waals surface area contributed by atoms with Crippen molar-refractivity contribution in [1.29, 1.82) is 0 Å². The Morgan fingerprint density at radius 3 is 2.09 bits per heavy atom. The first-order valence-corrected chi connectivity index (χ1v) is 14.3. The molecule has 5 rings (SSSR count). The van der Waals surface area contributed by atoms with Gasteiger partial charge in [-0.2, -0.15) is 10.2 Å². The van der Waals surface area contributed by atoms with E-state index in [1.54, 1.807) is 11.8 Å². The zero-order chi connectivity index (χ0) is 33.8. The van der Waals surface area contributed by atoms with E-state index in [0.717, 1.165) is 65.8 Å². The van der Waals surface area contributed by atoms with Crippen molar-refractivity contribution in [2.75, 3.05) is 46.2 Å². The first-order chi connectivity index (χ1) is 21.7. The number of methoxy groups -OCH3 is 1. The number of ether oxygens (including phenoxy) is 1. The summed E-state index contributed by atoms with van der Waals surface area (Å²) in [5.41, 5.74) is 12.8. The van der Waals surface area contributed by atoms with Crippen molar-refractivity contribution in [2.45, 2.75) is 26.3 Å². The van der Waals surface area contributed by atoms with Crippen LogP contribution in [0.25, 0.3) is 16.9 Å². The van der Waals surface area contributed by atoms with Crippen molar-refractivity contribution in [3.05, 3.63) is 84.2 Å². The van der Waals surface area contributed by atoms with Gasteiger partial charge in [0, 0.05) is 45.1 Å². The topological polar surface area (TPSA) is 146 Å². The number of likely N-dealkylation sites (tertiary alicyclic amines) is 1. The van der Waals surface area contributed by atoms with Crippen LogP contribution in [-0.4, -0.2) is 84.1 Å². The first-order valence-electron chi connectivity index (χ1n) is 14.3. The number of halogens is 2. The summed E-state index contributed by atoms with van der Waals surface area (Å²) in [7, 11) is 6.96. The number of anilines is 1. The molecule has 0 saturated carbocycles. The molecule has 11 nitrogen and oxygen atoms in total. The minimum Gasteiger partial charge on any atom is -0.383 e. The minimum absolute atomic E-state index is 0.0278. The second kappa shape index (κ2) is 21.3. The number of para-hydroxylation sites is 1. The molecule has 5 N–H and O–H groups in total. The Kier molecular flexibility index (Phi) is 18.2. The summed E-state index contributed by atoms with van der Waals surface area (Å²) in [5, 5.41) is 12.2. The Morgan fingerprint density at radius 1 is 1.09 bits per heavy atom. The van der Waals surface area contributed by atoms with Crippen LogP contribution in [0, 0.1) is 24.5 Å². The molecule has 1 unspecified atom stereocenters. The van der Waals surface area contributed by atoms with Gasteiger partial charge in [0.2, 0.25) is 6.41 Å². The SMILES string of the molecule is CN.CNc1c(C)c(-c2cnn(C)c2)nn1-c1ccccc1.COCC(C=O)N1CC[C@H](C)C1.Fc1ccccc1F.NC=O. The highest BCUT2D eigenvalue weighted by molar-refractivity contribution is 5.69. The van der Waals surface area contributed by atoms with Gasteiger partial charge in [0.1, 0.15) is 17.8 Å². The molecular weight excluding hydrogens is 582 g/mol. The summed E-state index contributed by atoms with van der Waals surface area (Å²) in [6, 6.07) is 15.1. The number of nitrogens with two attached hydrogens (primary N) is 2. The van der Waals surface area contributed by atoms with Gasteiger partial charge < -0.3 is 26.3 Å². The Hall–Kier alpha value is -4.46. The molecule has 2 aromatic heterocycles. The number of primary amides is 1. The fourth-order valence-electron chi connectivity index (χ4n) is 4.47. The maximum absolute atomic E-state index is 11.9. The van der Waals surface area contributed by atoms with E-state index in [-0.39, 0.29) is 12.5 Å². The standard InChI is InChI=1S/C15H17N5.C9H17NO2.C6H4F2.CH3NO.CH5N/c1-11-14(12-9-17-19(3)10-12)18-20(15(11)16-2)13-7-5-4-6-8-13;1-8-3-4-10(5-8)9(6-11)7-12-2;7-5-3-1-2-4-6(5)8;2-1-3;1-2/h4-10,16H,1-3H3;6,8-9H,3-5,7H2,1-2H3;1-4H;1H,(H2,2,3);2H2,1H3/t;8-,9?;;;/m.0.../s1. The molecule has 1 amide bonds. The van der Waals surface area contributed by atoms with Gasteiger partial charge in [-0.1, -0.05) is 37.3 Å². The van der Waals surface area contributed by atoms with Crippen LogP contribution < -0.4 is 16.8 Å². The molecule has 3 heterocycles. The normalized spacial score (nSPS) is 14.1. The lowest BCUT2D eigenvalue weighted by Gasteiger charge is -2.21. The molecule has 2 atom stereocenters. The maximum Gasteiger partial charge on any atom is 0.204 e. The molecule has 1 aliphatic rings. The highest BCUT2D eigenvalue weighted by atomic mass is 19.2. The molecule has 0 radical (unpaired) electrons. The predicted octanol–water partition coefficient (Wildman–Crippen LogP) is 3.81. The lowest BCUT2D eigenvalue weighted by Crippen LogP contribution is -2.37. The van der Waals surface area contributed by atoms with Crippen molar-refractivity contribution < 1.29 is 23.1 Å². The summed E-state index contributed by atoms with van der Waals surface area (Å²) in [6.07, 6.45) is 6.25. The average molecular weight is 629 g/mol. The summed E-state index contributed by atoms with van der Waals surface area (Å²) in [4.78, 5) is 21.4. The van der Waals surface area contributed by atoms with Crippen molar-refractivity contribution in [2.24, 2.45) is 24.4 Å². The molecule has 1 saturated heterocycles. The second-order valence-corrected chi connectivity index (χ2v) is 9.82. The van der Waals surface area contributed by atoms with E-state index < -0.39 is 11.6 Å². The van der Waals surface area contributed by atoms with Gasteiger partial charge in [0.05, 0.1) is 24.5 Å². The largest absolute Gasteiger partial charge is 0.383 e. The zero-order valence-electron chi connectivity index (χ0n) is 26.9. The molecular formula is C32H46F2N8O3. The highest BCUT2D eigenvalue weighted by Gasteiger charge is 2.25. The number of amides is 1. The number of carbonyl (C=O) groups is 2. The third kappa shape index (κ3) is 12.2. The van der Waals surface area contributed by atoms with Gasteiger partial charge in [0.15, 0.2) is 11.6 Å². The number of aromatic nitrogens is 4. The van der Waals surface area contributed by atoms with Crippen LogP contribution in [0.3, 0.4) is 0 Å². The average Bonchev–Trinajstić information content (AvgIpc) is 3.77. The number of nitrogens with one attached hydrogen (secondary N) is 1. The van der Waals surface area contributed by atoms with E-state index in [4.69, 9.17) is 14.6 Å². The highest BCUT2D eigenvalue weighted by Crippen LogP contribution is 2.29. The van der Waals surface area contributed by atoms with E-state index in [0.29, 0.717) is 6.61 Å². The molecule has 13 heteroatoms. The summed E-state index contributed by atoms with van der Waals surface area (Å²) in [5.74, 6) is 0.124. The van der Waals surface area contributed by atoms with Gasteiger partial charge in [0.25, 0.3) is 0 Å². The fraction of sp³-hybridized carbons (Fsp3) is 0.375. The molecule has 0 spiro atoms. The Bertz CT molecular complexity index is 1380. The number of nitrogens with zero attached hydrogens (tertiary/aromatic N) is 5. The van der Waals surface area contributed by atoms with Crippen molar-refractivity contribution in [1.82, 2.24) is 24.5 Å². The molecule has 45 heavy (non-hydrogen) atoms. The lowest BCUT2D eigenvalue weighted by atomic mass is 10.1.